The summed E-state index contributed by atoms with van der Waals surface area (Å²) in [4.78, 5) is 22.6. The third-order valence-electron chi connectivity index (χ3n) is 3.96. The first-order valence-electron chi connectivity index (χ1n) is 8.82. The molecule has 5 heteroatoms. The molecule has 26 heavy (non-hydrogen) atoms. The Balaban J connectivity index is 0.00000676. The summed E-state index contributed by atoms with van der Waals surface area (Å²) in [5, 5.41) is 2.51. The van der Waals surface area contributed by atoms with Crippen LogP contribution in [0.25, 0.3) is 5.57 Å². The van der Waals surface area contributed by atoms with Crippen molar-refractivity contribution in [1.29, 1.82) is 0 Å². The third-order valence-corrected chi connectivity index (χ3v) is 3.96. The largest absolute Gasteiger partial charge is 0.461 e. The van der Waals surface area contributed by atoms with Crippen LogP contribution < -0.4 is 10.1 Å². The number of nitrogens with one attached hydrogen (secondary N) is 1. The van der Waals surface area contributed by atoms with Crippen LogP contribution in [0.15, 0.2) is 42.5 Å². The normalized spacial score (nSPS) is 10.4. The van der Waals surface area contributed by atoms with Crippen LogP contribution >= 0.6 is 0 Å². The Morgan fingerprint density at radius 2 is 1.73 bits per heavy atom. The SMILES string of the molecule is C=CC(=O)OCCNC(=O)Oc1ccc(C(C)=C(C(C)C)C(C)C)cc1.[HH]. The number of carbonyl (C=O) groups excluding carboxylic acids is 2. The Morgan fingerprint density at radius 1 is 1.15 bits per heavy atom. The van der Waals surface area contributed by atoms with Crippen LogP contribution in [0.5, 0.6) is 5.75 Å². The van der Waals surface area contributed by atoms with E-state index >= 15 is 0 Å². The number of carbonyl (C=O) groups is 2. The fraction of sp³-hybridized carbons (Fsp3) is 0.429. The van der Waals surface area contributed by atoms with Gasteiger partial charge in [0.15, 0.2) is 0 Å². The summed E-state index contributed by atoms with van der Waals surface area (Å²) in [5.74, 6) is 0.887. The van der Waals surface area contributed by atoms with Crippen LogP contribution in [0.1, 0.15) is 41.6 Å². The molecular formula is C21H31NO4. The highest BCUT2D eigenvalue weighted by Gasteiger charge is 2.13. The molecule has 0 bridgehead atoms. The first-order chi connectivity index (χ1) is 12.3. The minimum absolute atomic E-state index is 0. The first-order valence-corrected chi connectivity index (χ1v) is 8.82. The van der Waals surface area contributed by atoms with Gasteiger partial charge in [-0.05, 0) is 42.0 Å². The lowest BCUT2D eigenvalue weighted by atomic mass is 9.86. The summed E-state index contributed by atoms with van der Waals surface area (Å²) >= 11 is 0. The molecule has 1 aromatic rings. The standard InChI is InChI=1S/C21H29NO4.H2/c1-7-19(23)25-13-12-22-21(24)26-18-10-8-17(9-11-18)16(6)20(14(2)3)15(4)5;/h7-11,14-15H,1,12-13H2,2-6H3,(H,22,24);1H. The van der Waals surface area contributed by atoms with E-state index in [9.17, 15) is 9.59 Å². The van der Waals surface area contributed by atoms with Gasteiger partial charge in [-0.25, -0.2) is 9.59 Å². The number of ether oxygens (including phenoxy) is 2. The Labute approximate surface area is 157 Å². The number of esters is 1. The number of amides is 1. The molecule has 0 radical (unpaired) electrons. The third kappa shape index (κ3) is 6.75. The topological polar surface area (TPSA) is 64.6 Å². The maximum Gasteiger partial charge on any atom is 0.412 e. The minimum Gasteiger partial charge on any atom is -0.461 e. The second kappa shape index (κ2) is 10.4. The van der Waals surface area contributed by atoms with Crippen LogP contribution in [0, 0.1) is 11.8 Å². The van der Waals surface area contributed by atoms with Crippen LogP contribution in [-0.4, -0.2) is 25.2 Å². The van der Waals surface area contributed by atoms with Gasteiger partial charge in [0, 0.05) is 7.50 Å². The van der Waals surface area contributed by atoms with Crippen molar-refractivity contribution in [1.82, 2.24) is 5.32 Å². The van der Waals surface area contributed by atoms with Gasteiger partial charge in [-0.3, -0.25) is 0 Å². The fourth-order valence-corrected chi connectivity index (χ4v) is 2.98. The zero-order valence-corrected chi connectivity index (χ0v) is 16.3. The van der Waals surface area contributed by atoms with Crippen LogP contribution in [0.3, 0.4) is 0 Å². The van der Waals surface area contributed by atoms with E-state index in [1.54, 1.807) is 12.1 Å². The monoisotopic (exact) mass is 361 g/mol. The van der Waals surface area contributed by atoms with Gasteiger partial charge in [-0.1, -0.05) is 52.0 Å². The molecule has 1 rings (SSSR count). The lowest BCUT2D eigenvalue weighted by Crippen LogP contribution is -2.30. The van der Waals surface area contributed by atoms with Crippen molar-refractivity contribution in [2.24, 2.45) is 11.8 Å². The maximum absolute atomic E-state index is 11.7. The molecule has 0 atom stereocenters. The highest BCUT2D eigenvalue weighted by atomic mass is 16.6. The smallest absolute Gasteiger partial charge is 0.412 e. The lowest BCUT2D eigenvalue weighted by Gasteiger charge is -2.20. The van der Waals surface area contributed by atoms with Gasteiger partial charge in [0.05, 0.1) is 6.54 Å². The molecule has 144 valence electrons. The number of allylic oxidation sites excluding steroid dienone is 2. The van der Waals surface area contributed by atoms with Crippen molar-refractivity contribution >= 4 is 17.6 Å². The molecule has 0 saturated heterocycles. The predicted molar refractivity (Wildman–Crippen MR) is 106 cm³/mol. The van der Waals surface area contributed by atoms with Gasteiger partial charge in [0.1, 0.15) is 12.4 Å². The van der Waals surface area contributed by atoms with E-state index in [1.807, 2.05) is 12.1 Å². The average molecular weight is 361 g/mol. The molecule has 0 spiro atoms. The molecule has 0 aliphatic heterocycles. The minimum atomic E-state index is -0.593. The van der Waals surface area contributed by atoms with E-state index in [1.165, 1.54) is 11.1 Å². The molecule has 0 unspecified atom stereocenters. The predicted octanol–water partition coefficient (Wildman–Crippen LogP) is 4.84. The van der Waals surface area contributed by atoms with Crippen molar-refractivity contribution in [3.63, 3.8) is 0 Å². The summed E-state index contributed by atoms with van der Waals surface area (Å²) in [5.41, 5.74) is 3.80. The van der Waals surface area contributed by atoms with E-state index in [-0.39, 0.29) is 14.6 Å². The number of hydrogen-bond donors (Lipinski definition) is 1. The lowest BCUT2D eigenvalue weighted by molar-refractivity contribution is -0.137. The summed E-state index contributed by atoms with van der Waals surface area (Å²) in [6, 6.07) is 7.45. The average Bonchev–Trinajstić information content (AvgIpc) is 2.58. The molecule has 0 aliphatic carbocycles. The van der Waals surface area contributed by atoms with Crippen molar-refractivity contribution in [2.75, 3.05) is 13.2 Å². The van der Waals surface area contributed by atoms with Crippen LogP contribution in [0.2, 0.25) is 0 Å². The quantitative estimate of drug-likeness (QED) is 0.409. The molecule has 0 fully saturated rings. The van der Waals surface area contributed by atoms with Crippen LogP contribution in [-0.2, 0) is 9.53 Å². The van der Waals surface area contributed by atoms with E-state index < -0.39 is 12.1 Å². The highest BCUT2D eigenvalue weighted by molar-refractivity contribution is 5.81. The first kappa shape index (κ1) is 21.5. The van der Waals surface area contributed by atoms with E-state index in [4.69, 9.17) is 9.47 Å². The molecular weight excluding hydrogens is 330 g/mol. The summed E-state index contributed by atoms with van der Waals surface area (Å²) in [6.07, 6.45) is 0.477. The van der Waals surface area contributed by atoms with Gasteiger partial charge >= 0.3 is 12.1 Å². The highest BCUT2D eigenvalue weighted by Crippen LogP contribution is 2.30. The summed E-state index contributed by atoms with van der Waals surface area (Å²) < 4.78 is 9.97. The summed E-state index contributed by atoms with van der Waals surface area (Å²) in [7, 11) is 0. The van der Waals surface area contributed by atoms with Crippen molar-refractivity contribution < 1.29 is 20.5 Å². The Hall–Kier alpha value is -2.56. The second-order valence-electron chi connectivity index (χ2n) is 6.60. The Morgan fingerprint density at radius 3 is 2.23 bits per heavy atom. The molecule has 5 nitrogen and oxygen atoms in total. The van der Waals surface area contributed by atoms with Gasteiger partial charge in [-0.2, -0.15) is 0 Å². The number of rotatable bonds is 8. The summed E-state index contributed by atoms with van der Waals surface area (Å²) in [6.45, 7) is 14.5. The molecule has 0 aliphatic rings. The van der Waals surface area contributed by atoms with E-state index in [2.05, 4.69) is 46.5 Å². The Bertz CT molecular complexity index is 653. The van der Waals surface area contributed by atoms with Gasteiger partial charge in [-0.15, -0.1) is 0 Å². The zero-order valence-electron chi connectivity index (χ0n) is 16.3. The van der Waals surface area contributed by atoms with Gasteiger partial charge < -0.3 is 14.8 Å². The fourth-order valence-electron chi connectivity index (χ4n) is 2.98. The maximum atomic E-state index is 11.7. The number of hydrogen-bond acceptors (Lipinski definition) is 4. The zero-order chi connectivity index (χ0) is 19.7. The molecule has 0 aromatic heterocycles. The second-order valence-corrected chi connectivity index (χ2v) is 6.60. The number of benzene rings is 1. The van der Waals surface area contributed by atoms with Gasteiger partial charge in [0.2, 0.25) is 0 Å². The molecule has 0 heterocycles. The van der Waals surface area contributed by atoms with E-state index in [0.29, 0.717) is 17.6 Å². The molecule has 1 aromatic carbocycles. The molecule has 1 amide bonds. The van der Waals surface area contributed by atoms with E-state index in [0.717, 1.165) is 11.6 Å². The van der Waals surface area contributed by atoms with Crippen molar-refractivity contribution in [3.8, 4) is 5.75 Å². The Kier molecular flexibility index (Phi) is 8.62. The van der Waals surface area contributed by atoms with Gasteiger partial charge in [0.25, 0.3) is 0 Å². The molecule has 0 saturated carbocycles. The van der Waals surface area contributed by atoms with Crippen molar-refractivity contribution in [3.05, 3.63) is 48.1 Å². The molecule has 1 N–H and O–H groups in total. The van der Waals surface area contributed by atoms with Crippen LogP contribution in [0.4, 0.5) is 4.79 Å². The van der Waals surface area contributed by atoms with Crippen molar-refractivity contribution in [2.45, 2.75) is 34.6 Å².